The van der Waals surface area contributed by atoms with Crippen LogP contribution in [0.2, 0.25) is 0 Å². The number of benzene rings is 8. The van der Waals surface area contributed by atoms with Crippen LogP contribution in [-0.2, 0) is 25.7 Å². The summed E-state index contributed by atoms with van der Waals surface area (Å²) in [4.78, 5) is 57.5. The number of aryl methyl sites for hydroxylation is 4. The van der Waals surface area contributed by atoms with Crippen molar-refractivity contribution in [1.29, 1.82) is 0 Å². The topological polar surface area (TPSA) is 189 Å². The van der Waals surface area contributed by atoms with Crippen molar-refractivity contribution in [2.75, 3.05) is 63.6 Å². The number of carbonyl (C=O) groups excluding carboxylic acids is 4. The summed E-state index contributed by atoms with van der Waals surface area (Å²) < 4.78 is 28.6. The number of ether oxygens (including phenoxy) is 4. The van der Waals surface area contributed by atoms with Crippen molar-refractivity contribution in [3.8, 4) is 23.0 Å². The van der Waals surface area contributed by atoms with Gasteiger partial charge in [0.05, 0.1) is 26.4 Å². The molecule has 1 aliphatic carbocycles. The van der Waals surface area contributed by atoms with E-state index in [4.69, 9.17) is 18.9 Å². The zero-order valence-electron chi connectivity index (χ0n) is 56.8. The van der Waals surface area contributed by atoms with Gasteiger partial charge in [-0.25, -0.2) is 14.4 Å². The molecule has 8 aromatic carbocycles. The van der Waals surface area contributed by atoms with Crippen LogP contribution in [0.25, 0.3) is 0 Å². The fourth-order valence-corrected chi connectivity index (χ4v) is 11.7. The summed E-state index contributed by atoms with van der Waals surface area (Å²) in [7, 11) is 0. The Morgan fingerprint density at radius 1 is 0.284 bits per heavy atom. The van der Waals surface area contributed by atoms with Crippen LogP contribution in [0.4, 0.5) is 54.2 Å². The molecule has 0 heterocycles. The third-order valence-corrected chi connectivity index (χ3v) is 16.7. The van der Waals surface area contributed by atoms with Gasteiger partial charge in [-0.3, -0.25) is 4.79 Å². The molecule has 0 aromatic heterocycles. The molecule has 7 amide bonds. The van der Waals surface area contributed by atoms with Crippen LogP contribution in [0.3, 0.4) is 0 Å². The minimum absolute atomic E-state index is 0.223. The number of amides is 7. The molecule has 15 heteroatoms. The van der Waals surface area contributed by atoms with E-state index in [1.54, 1.807) is 0 Å². The molecular formula is C80H95N7O8. The minimum Gasteiger partial charge on any atom is -0.493 e. The third kappa shape index (κ3) is 20.6. The Morgan fingerprint density at radius 3 is 0.726 bits per heavy atom. The van der Waals surface area contributed by atoms with Crippen molar-refractivity contribution >= 4 is 63.8 Å². The van der Waals surface area contributed by atoms with Gasteiger partial charge >= 0.3 is 18.1 Å². The van der Waals surface area contributed by atoms with Crippen molar-refractivity contribution in [1.82, 2.24) is 0 Å². The van der Waals surface area contributed by atoms with Crippen LogP contribution in [0.5, 0.6) is 23.0 Å². The molecule has 498 valence electrons. The van der Waals surface area contributed by atoms with Crippen molar-refractivity contribution in [3.05, 3.63) is 218 Å². The molecule has 0 spiro atoms. The van der Waals surface area contributed by atoms with E-state index in [-0.39, 0.29) is 31.6 Å². The van der Waals surface area contributed by atoms with Gasteiger partial charge < -0.3 is 56.2 Å². The highest BCUT2D eigenvalue weighted by molar-refractivity contribution is 6.05. The maximum atomic E-state index is 14.5. The smallest absolute Gasteiger partial charge is 0.323 e. The van der Waals surface area contributed by atoms with Crippen molar-refractivity contribution in [2.45, 2.75) is 158 Å². The third-order valence-electron chi connectivity index (χ3n) is 16.7. The van der Waals surface area contributed by atoms with Gasteiger partial charge in [-0.1, -0.05) is 150 Å². The summed E-state index contributed by atoms with van der Waals surface area (Å²) in [6.45, 7) is 18.3. The first-order valence-corrected chi connectivity index (χ1v) is 34.1. The molecule has 0 saturated carbocycles. The quantitative estimate of drug-likeness (QED) is 0.0236. The fraction of sp³-hybridized carbons (Fsp3) is 0.350. The number of fused-ring (bicyclic) bond motifs is 8. The lowest BCUT2D eigenvalue weighted by atomic mass is 9.90. The molecular weight excluding hydrogens is 1190 g/mol. The second-order valence-electron chi connectivity index (χ2n) is 25.1. The first kappa shape index (κ1) is 69.6. The SMILES string of the molecule is CCCCCOc1c2cc(NC(=O)Nc3ccc(C)cc3)cc1Cc1cc(NC(=O)Nc3ccc(C)cc3)cc(c1OCCCCC)Cc1cc(NC(=O)c3ccc(C)cc3)cc(c1OCCCCC)Cc1cc(NC(=O)Nc3ccc(C)cc3)cc(c1OCCCCC)C2. The fourth-order valence-electron chi connectivity index (χ4n) is 11.7. The Morgan fingerprint density at radius 2 is 0.495 bits per heavy atom. The molecule has 8 aromatic rings. The van der Waals surface area contributed by atoms with Gasteiger partial charge in [-0.2, -0.15) is 0 Å². The van der Waals surface area contributed by atoms with Gasteiger partial charge in [0.2, 0.25) is 0 Å². The Balaban J connectivity index is 1.33. The summed E-state index contributed by atoms with van der Waals surface area (Å²) in [6.07, 6.45) is 11.8. The maximum absolute atomic E-state index is 14.5. The monoisotopic (exact) mass is 1280 g/mol. The van der Waals surface area contributed by atoms with Gasteiger partial charge in [0.15, 0.2) is 0 Å². The molecule has 0 fully saturated rings. The number of nitrogens with one attached hydrogen (secondary N) is 7. The predicted molar refractivity (Wildman–Crippen MR) is 388 cm³/mol. The molecule has 15 nitrogen and oxygen atoms in total. The Bertz CT molecular complexity index is 3710. The first-order valence-electron chi connectivity index (χ1n) is 34.1. The van der Waals surface area contributed by atoms with Crippen LogP contribution >= 0.6 is 0 Å². The van der Waals surface area contributed by atoms with Crippen molar-refractivity contribution in [2.24, 2.45) is 0 Å². The number of rotatable bonds is 28. The number of anilines is 7. The lowest BCUT2D eigenvalue weighted by Gasteiger charge is -2.25. The van der Waals surface area contributed by atoms with Crippen molar-refractivity contribution in [3.63, 3.8) is 0 Å². The van der Waals surface area contributed by atoms with E-state index in [1.807, 2.05) is 173 Å². The maximum Gasteiger partial charge on any atom is 0.323 e. The molecule has 0 atom stereocenters. The molecule has 7 N–H and O–H groups in total. The van der Waals surface area contributed by atoms with Gasteiger partial charge in [-0.05, 0) is 150 Å². The molecule has 0 radical (unpaired) electrons. The summed E-state index contributed by atoms with van der Waals surface area (Å²) >= 11 is 0. The Kier molecular flexibility index (Phi) is 25.6. The highest BCUT2D eigenvalue weighted by Crippen LogP contribution is 2.43. The standard InChI is InChI=1S/C80H95N7O8/c1-9-13-17-37-92-73-58-41-60-47-70(85-78(89)82-66-31-23-54(6)24-32-66)49-62(74(60)93-38-18-14-10-2)43-64-51-72(87-80(91)84-68-35-27-56(8)28-36-68)52-65(76(64)95-40-20-16-12-4)44-63-50-71(86-79(90)83-67-33-25-55(7)26-34-67)48-61(75(63)94-39-19-15-11-3)42-59(73)46-69(45-58)81-77(88)57-29-21-53(5)22-30-57/h21-36,45-52H,9-20,37-44H2,1-8H3,(H,81,88)(H2,82,85,89)(H2,83,86,90)(H2,84,87,91). The lowest BCUT2D eigenvalue weighted by Crippen LogP contribution is -2.20. The molecule has 0 saturated heterocycles. The van der Waals surface area contributed by atoms with Gasteiger partial charge in [0.25, 0.3) is 5.91 Å². The lowest BCUT2D eigenvalue weighted by molar-refractivity contribution is 0.102. The van der Waals surface area contributed by atoms with Crippen LogP contribution in [0.1, 0.15) is 182 Å². The average Bonchev–Trinajstić information content (AvgIpc) is 0.790. The van der Waals surface area contributed by atoms with E-state index in [2.05, 4.69) is 64.9 Å². The summed E-state index contributed by atoms with van der Waals surface area (Å²) in [5.41, 5.74) is 14.8. The van der Waals surface area contributed by atoms with Crippen LogP contribution in [-0.4, -0.2) is 50.4 Å². The molecule has 9 rings (SSSR count). The second kappa shape index (κ2) is 34.9. The first-order chi connectivity index (χ1) is 46.1. The van der Waals surface area contributed by atoms with E-state index in [9.17, 15) is 19.2 Å². The summed E-state index contributed by atoms with van der Waals surface area (Å²) in [6, 6.07) is 45.0. The molecule has 0 unspecified atom stereocenters. The van der Waals surface area contributed by atoms with Crippen molar-refractivity contribution < 1.29 is 38.1 Å². The zero-order valence-corrected chi connectivity index (χ0v) is 56.8. The number of hydrogen-bond acceptors (Lipinski definition) is 8. The number of urea groups is 3. The highest BCUT2D eigenvalue weighted by Gasteiger charge is 2.27. The number of hydrogen-bond donors (Lipinski definition) is 7. The van der Waals surface area contributed by atoms with E-state index in [0.29, 0.717) is 94.8 Å². The number of unbranched alkanes of at least 4 members (excludes halogenated alkanes) is 8. The highest BCUT2D eigenvalue weighted by atomic mass is 16.5. The molecule has 8 bridgehead atoms. The van der Waals surface area contributed by atoms with Gasteiger partial charge in [0, 0.05) is 116 Å². The van der Waals surface area contributed by atoms with E-state index >= 15 is 0 Å². The second-order valence-corrected chi connectivity index (χ2v) is 25.1. The zero-order chi connectivity index (χ0) is 67.1. The Hall–Kier alpha value is -9.76. The van der Waals surface area contributed by atoms with E-state index in [1.165, 1.54) is 0 Å². The molecule has 1 aliphatic rings. The largest absolute Gasteiger partial charge is 0.493 e. The summed E-state index contributed by atoms with van der Waals surface area (Å²) in [5, 5.41) is 22.0. The Labute approximate surface area is 561 Å². The van der Waals surface area contributed by atoms with E-state index < -0.39 is 18.1 Å². The average molecular weight is 1280 g/mol. The van der Waals surface area contributed by atoms with Gasteiger partial charge in [-0.15, -0.1) is 0 Å². The number of carbonyl (C=O) groups is 4. The summed E-state index contributed by atoms with van der Waals surface area (Å²) in [5.74, 6) is 2.25. The van der Waals surface area contributed by atoms with Crippen LogP contribution in [0, 0.1) is 27.7 Å². The minimum atomic E-state index is -0.436. The molecule has 0 aliphatic heterocycles. The van der Waals surface area contributed by atoms with E-state index in [0.717, 1.165) is 144 Å². The predicted octanol–water partition coefficient (Wildman–Crippen LogP) is 20.1. The van der Waals surface area contributed by atoms with Crippen LogP contribution < -0.4 is 56.2 Å². The normalized spacial score (nSPS) is 11.6. The van der Waals surface area contributed by atoms with Crippen LogP contribution in [0.15, 0.2) is 146 Å². The molecule has 95 heavy (non-hydrogen) atoms. The van der Waals surface area contributed by atoms with Gasteiger partial charge in [0.1, 0.15) is 23.0 Å².